The lowest BCUT2D eigenvalue weighted by Crippen LogP contribution is -2.42. The van der Waals surface area contributed by atoms with Crippen molar-refractivity contribution in [2.24, 2.45) is 0 Å². The summed E-state index contributed by atoms with van der Waals surface area (Å²) >= 11 is 0. The van der Waals surface area contributed by atoms with Gasteiger partial charge in [-0.2, -0.15) is 0 Å². The smallest absolute Gasteiger partial charge is 0.243 e. The van der Waals surface area contributed by atoms with Crippen LogP contribution in [-0.4, -0.2) is 54.2 Å². The molecule has 0 unspecified atom stereocenters. The Balaban J connectivity index is 1.87. The van der Waals surface area contributed by atoms with E-state index >= 15 is 0 Å². The van der Waals surface area contributed by atoms with Gasteiger partial charge in [0.15, 0.2) is 0 Å². The minimum absolute atomic E-state index is 0.0129. The van der Waals surface area contributed by atoms with E-state index < -0.39 is 0 Å². The van der Waals surface area contributed by atoms with Gasteiger partial charge >= 0.3 is 0 Å². The van der Waals surface area contributed by atoms with Crippen LogP contribution in [0.15, 0.2) is 48.5 Å². The van der Waals surface area contributed by atoms with Crippen LogP contribution in [0.2, 0.25) is 0 Å². The van der Waals surface area contributed by atoms with E-state index in [4.69, 9.17) is 0 Å². The molecule has 160 valence electrons. The molecule has 0 radical (unpaired) electrons. The number of benzene rings is 2. The van der Waals surface area contributed by atoms with E-state index in [-0.39, 0.29) is 30.8 Å². The van der Waals surface area contributed by atoms with Gasteiger partial charge in [0, 0.05) is 31.4 Å². The molecule has 0 fully saturated rings. The predicted molar refractivity (Wildman–Crippen MR) is 119 cm³/mol. The first kappa shape index (κ1) is 23.1. The molecule has 0 atom stereocenters. The molecule has 0 bridgehead atoms. The molecule has 30 heavy (non-hydrogen) atoms. The average molecular weight is 411 g/mol. The molecule has 0 saturated carbocycles. The summed E-state index contributed by atoms with van der Waals surface area (Å²) in [5, 5.41) is 5.45. The van der Waals surface area contributed by atoms with Crippen molar-refractivity contribution in [1.82, 2.24) is 9.80 Å². The van der Waals surface area contributed by atoms with Crippen LogP contribution in [0, 0.1) is 6.92 Å². The van der Waals surface area contributed by atoms with E-state index in [1.807, 2.05) is 31.0 Å². The number of nitrogens with zero attached hydrogens (tertiary/aromatic N) is 2. The van der Waals surface area contributed by atoms with Crippen molar-refractivity contribution in [3.05, 3.63) is 59.7 Å². The highest BCUT2D eigenvalue weighted by Crippen LogP contribution is 2.14. The van der Waals surface area contributed by atoms with Crippen LogP contribution in [0.1, 0.15) is 25.0 Å². The Morgan fingerprint density at radius 3 is 2.07 bits per heavy atom. The molecule has 0 aromatic heterocycles. The molecule has 0 heterocycles. The second kappa shape index (κ2) is 11.1. The Bertz CT molecular complexity index is 880. The number of anilines is 2. The maximum absolute atomic E-state index is 12.7. The molecule has 7 nitrogen and oxygen atoms in total. The lowest BCUT2D eigenvalue weighted by molar-refractivity contribution is -0.135. The van der Waals surface area contributed by atoms with Gasteiger partial charge in [-0.3, -0.25) is 19.3 Å². The van der Waals surface area contributed by atoms with Gasteiger partial charge in [0.2, 0.25) is 17.7 Å². The van der Waals surface area contributed by atoms with Crippen molar-refractivity contribution in [2.45, 2.75) is 27.3 Å². The fraction of sp³-hybridized carbons (Fsp3) is 0.348. The van der Waals surface area contributed by atoms with Crippen molar-refractivity contribution >= 4 is 29.1 Å². The lowest BCUT2D eigenvalue weighted by atomic mass is 10.1. The molecule has 0 saturated heterocycles. The monoisotopic (exact) mass is 410 g/mol. The van der Waals surface area contributed by atoms with Gasteiger partial charge in [0.1, 0.15) is 0 Å². The van der Waals surface area contributed by atoms with Gasteiger partial charge < -0.3 is 15.5 Å². The Morgan fingerprint density at radius 2 is 1.50 bits per heavy atom. The molecule has 2 aromatic rings. The van der Waals surface area contributed by atoms with E-state index in [1.54, 1.807) is 24.3 Å². The van der Waals surface area contributed by atoms with Crippen LogP contribution >= 0.6 is 0 Å². The Hall–Kier alpha value is -3.19. The third-order valence-corrected chi connectivity index (χ3v) is 4.66. The fourth-order valence-corrected chi connectivity index (χ4v) is 3.06. The molecular weight excluding hydrogens is 380 g/mol. The number of carbonyl (C=O) groups excluding carboxylic acids is 3. The van der Waals surface area contributed by atoms with Crippen LogP contribution in [-0.2, 0) is 20.9 Å². The fourth-order valence-electron chi connectivity index (χ4n) is 3.06. The van der Waals surface area contributed by atoms with E-state index in [0.29, 0.717) is 24.5 Å². The third kappa shape index (κ3) is 7.33. The quantitative estimate of drug-likeness (QED) is 0.666. The predicted octanol–water partition coefficient (Wildman–Crippen LogP) is 2.87. The lowest BCUT2D eigenvalue weighted by Gasteiger charge is -2.24. The number of hydrogen-bond donors (Lipinski definition) is 2. The molecule has 3 amide bonds. The normalized spacial score (nSPS) is 10.6. The summed E-state index contributed by atoms with van der Waals surface area (Å²) in [6.45, 7) is 6.69. The molecule has 0 aliphatic rings. The molecule has 7 heteroatoms. The van der Waals surface area contributed by atoms with E-state index in [9.17, 15) is 14.4 Å². The third-order valence-electron chi connectivity index (χ3n) is 4.66. The first-order valence-electron chi connectivity index (χ1n) is 9.96. The summed E-state index contributed by atoms with van der Waals surface area (Å²) in [6.07, 6.45) is 0. The summed E-state index contributed by atoms with van der Waals surface area (Å²) in [5.74, 6) is -0.514. The first-order valence-corrected chi connectivity index (χ1v) is 9.96. The van der Waals surface area contributed by atoms with Gasteiger partial charge in [-0.15, -0.1) is 0 Å². The highest BCUT2D eigenvalue weighted by atomic mass is 16.2. The summed E-state index contributed by atoms with van der Waals surface area (Å²) in [6, 6.07) is 14.9. The van der Waals surface area contributed by atoms with Crippen molar-refractivity contribution < 1.29 is 14.4 Å². The van der Waals surface area contributed by atoms with Crippen LogP contribution in [0.4, 0.5) is 11.4 Å². The zero-order chi connectivity index (χ0) is 22.1. The first-order chi connectivity index (χ1) is 14.3. The Kier molecular flexibility index (Phi) is 8.55. The largest absolute Gasteiger partial charge is 0.333 e. The van der Waals surface area contributed by atoms with Crippen molar-refractivity contribution in [3.63, 3.8) is 0 Å². The highest BCUT2D eigenvalue weighted by Gasteiger charge is 2.17. The number of amides is 3. The molecule has 2 rings (SSSR count). The Labute approximate surface area is 178 Å². The molecule has 0 aliphatic carbocycles. The van der Waals surface area contributed by atoms with Crippen LogP contribution in [0.25, 0.3) is 0 Å². The maximum Gasteiger partial charge on any atom is 0.243 e. The molecular formula is C23H30N4O3. The highest BCUT2D eigenvalue weighted by molar-refractivity contribution is 5.95. The summed E-state index contributed by atoms with van der Waals surface area (Å²) in [4.78, 5) is 39.6. The average Bonchev–Trinajstić information content (AvgIpc) is 2.69. The number of likely N-dealkylation sites (N-methyl/N-ethyl adjacent to an activating group) is 2. The van der Waals surface area contributed by atoms with E-state index in [2.05, 4.69) is 29.7 Å². The SMILES string of the molecule is CCN(CC(=O)Nc1ccc(NC(C)=O)cc1)C(=O)CN(C)Cc1ccccc1C. The van der Waals surface area contributed by atoms with Crippen molar-refractivity contribution in [2.75, 3.05) is 37.3 Å². The second-order valence-corrected chi connectivity index (χ2v) is 7.31. The van der Waals surface area contributed by atoms with Crippen LogP contribution in [0.5, 0.6) is 0 Å². The van der Waals surface area contributed by atoms with Gasteiger partial charge in [-0.05, 0) is 56.3 Å². The summed E-state index contributed by atoms with van der Waals surface area (Å²) in [7, 11) is 1.90. The number of rotatable bonds is 9. The minimum Gasteiger partial charge on any atom is -0.333 e. The van der Waals surface area contributed by atoms with Gasteiger partial charge in [0.05, 0.1) is 13.1 Å². The molecule has 0 spiro atoms. The van der Waals surface area contributed by atoms with Crippen molar-refractivity contribution in [1.29, 1.82) is 0 Å². The number of hydrogen-bond acceptors (Lipinski definition) is 4. The number of carbonyl (C=O) groups is 3. The zero-order valence-electron chi connectivity index (χ0n) is 18.1. The molecule has 2 N–H and O–H groups in total. The standard InChI is InChI=1S/C23H30N4O3/c1-5-27(23(30)16-26(4)14-19-9-7-6-8-17(19)2)15-22(29)25-21-12-10-20(11-13-21)24-18(3)28/h6-13H,5,14-16H2,1-4H3,(H,24,28)(H,25,29). The summed E-state index contributed by atoms with van der Waals surface area (Å²) < 4.78 is 0. The Morgan fingerprint density at radius 1 is 0.900 bits per heavy atom. The molecule has 2 aromatic carbocycles. The second-order valence-electron chi connectivity index (χ2n) is 7.31. The molecule has 0 aliphatic heterocycles. The van der Waals surface area contributed by atoms with E-state index in [1.165, 1.54) is 23.0 Å². The maximum atomic E-state index is 12.7. The zero-order valence-corrected chi connectivity index (χ0v) is 18.1. The van der Waals surface area contributed by atoms with Gasteiger partial charge in [0.25, 0.3) is 0 Å². The van der Waals surface area contributed by atoms with Crippen molar-refractivity contribution in [3.8, 4) is 0 Å². The topological polar surface area (TPSA) is 81.8 Å². The number of nitrogens with one attached hydrogen (secondary N) is 2. The summed E-state index contributed by atoms with van der Waals surface area (Å²) in [5.41, 5.74) is 3.63. The van der Waals surface area contributed by atoms with Gasteiger partial charge in [-0.25, -0.2) is 0 Å². The van der Waals surface area contributed by atoms with E-state index in [0.717, 1.165) is 0 Å². The number of aryl methyl sites for hydroxylation is 1. The van der Waals surface area contributed by atoms with Crippen LogP contribution in [0.3, 0.4) is 0 Å². The van der Waals surface area contributed by atoms with Crippen LogP contribution < -0.4 is 10.6 Å². The van der Waals surface area contributed by atoms with Gasteiger partial charge in [-0.1, -0.05) is 24.3 Å². The minimum atomic E-state index is -0.265.